The van der Waals surface area contributed by atoms with E-state index in [4.69, 9.17) is 26.1 Å². The van der Waals surface area contributed by atoms with Crippen molar-refractivity contribution in [1.82, 2.24) is 9.97 Å². The number of aromatic nitrogens is 2. The molecule has 2 aromatic carbocycles. The van der Waals surface area contributed by atoms with Crippen molar-refractivity contribution in [2.45, 2.75) is 13.5 Å². The van der Waals surface area contributed by atoms with Crippen molar-refractivity contribution >= 4 is 44.1 Å². The number of thiazole rings is 1. The van der Waals surface area contributed by atoms with Crippen LogP contribution in [0, 0.1) is 6.92 Å². The van der Waals surface area contributed by atoms with Crippen LogP contribution in [0.3, 0.4) is 0 Å². The zero-order valence-corrected chi connectivity index (χ0v) is 16.2. The standard InChI is InChI=1S/C20H17ClN2O2S/c1-11-4-15(25-3)8-17-18(11)23-20(26-17)16-7-14(21)6-13-5-12(10-24-2)9-22-19(13)16/h4-9H,10H2,1-3H3. The number of fused-ring (bicyclic) bond motifs is 2. The summed E-state index contributed by atoms with van der Waals surface area (Å²) in [7, 11) is 3.35. The Morgan fingerprint density at radius 2 is 1.92 bits per heavy atom. The molecule has 0 atom stereocenters. The number of pyridine rings is 1. The summed E-state index contributed by atoms with van der Waals surface area (Å²) in [6.07, 6.45) is 1.84. The lowest BCUT2D eigenvalue weighted by Crippen LogP contribution is -1.91. The maximum absolute atomic E-state index is 6.38. The molecule has 4 aromatic rings. The normalized spacial score (nSPS) is 11.4. The minimum Gasteiger partial charge on any atom is -0.497 e. The van der Waals surface area contributed by atoms with Crippen LogP contribution in [0.4, 0.5) is 0 Å². The number of nitrogens with zero attached hydrogens (tertiary/aromatic N) is 2. The molecule has 0 amide bonds. The molecule has 0 unspecified atom stereocenters. The van der Waals surface area contributed by atoms with Crippen LogP contribution >= 0.6 is 22.9 Å². The molecule has 0 fully saturated rings. The number of rotatable bonds is 4. The topological polar surface area (TPSA) is 44.2 Å². The first-order valence-electron chi connectivity index (χ1n) is 8.11. The Balaban J connectivity index is 1.93. The SMILES string of the molecule is COCc1cnc2c(-c3nc4c(C)cc(OC)cc4s3)cc(Cl)cc2c1. The van der Waals surface area contributed by atoms with E-state index in [0.717, 1.165) is 48.6 Å². The Kier molecular flexibility index (Phi) is 4.53. The predicted molar refractivity (Wildman–Crippen MR) is 107 cm³/mol. The van der Waals surface area contributed by atoms with Crippen molar-refractivity contribution in [2.75, 3.05) is 14.2 Å². The molecule has 26 heavy (non-hydrogen) atoms. The van der Waals surface area contributed by atoms with E-state index in [1.807, 2.05) is 37.4 Å². The van der Waals surface area contributed by atoms with Gasteiger partial charge in [-0.2, -0.15) is 0 Å². The highest BCUT2D eigenvalue weighted by atomic mass is 35.5. The van der Waals surface area contributed by atoms with Gasteiger partial charge < -0.3 is 9.47 Å². The molecule has 0 aliphatic heterocycles. The van der Waals surface area contributed by atoms with Crippen molar-refractivity contribution in [3.8, 4) is 16.3 Å². The van der Waals surface area contributed by atoms with Gasteiger partial charge in [0.1, 0.15) is 10.8 Å². The van der Waals surface area contributed by atoms with Gasteiger partial charge in [0, 0.05) is 29.3 Å². The molecule has 0 saturated carbocycles. The third kappa shape index (κ3) is 3.03. The fraction of sp³-hybridized carbons (Fsp3) is 0.200. The summed E-state index contributed by atoms with van der Waals surface area (Å²) in [5.74, 6) is 0.837. The van der Waals surface area contributed by atoms with Gasteiger partial charge in [-0.25, -0.2) is 4.98 Å². The van der Waals surface area contributed by atoms with Crippen LogP contribution in [0.15, 0.2) is 36.5 Å². The zero-order valence-electron chi connectivity index (χ0n) is 14.7. The Bertz CT molecular complexity index is 1120. The van der Waals surface area contributed by atoms with E-state index in [1.165, 1.54) is 0 Å². The van der Waals surface area contributed by atoms with E-state index in [9.17, 15) is 0 Å². The average Bonchev–Trinajstić information content (AvgIpc) is 3.05. The number of benzene rings is 2. The van der Waals surface area contributed by atoms with E-state index in [-0.39, 0.29) is 0 Å². The van der Waals surface area contributed by atoms with Gasteiger partial charge in [0.05, 0.1) is 29.5 Å². The fourth-order valence-corrected chi connectivity index (χ4v) is 4.38. The van der Waals surface area contributed by atoms with Crippen molar-refractivity contribution in [1.29, 1.82) is 0 Å². The number of ether oxygens (including phenoxy) is 2. The molecule has 0 spiro atoms. The van der Waals surface area contributed by atoms with Gasteiger partial charge >= 0.3 is 0 Å². The second kappa shape index (κ2) is 6.83. The zero-order chi connectivity index (χ0) is 18.3. The molecule has 0 N–H and O–H groups in total. The van der Waals surface area contributed by atoms with Gasteiger partial charge in [-0.1, -0.05) is 11.6 Å². The lowest BCUT2D eigenvalue weighted by atomic mass is 10.1. The van der Waals surface area contributed by atoms with E-state index in [2.05, 4.69) is 11.1 Å². The van der Waals surface area contributed by atoms with Crippen molar-refractivity contribution in [3.63, 3.8) is 0 Å². The molecule has 6 heteroatoms. The second-order valence-corrected chi connectivity index (χ2v) is 7.58. The number of hydrogen-bond donors (Lipinski definition) is 0. The van der Waals surface area contributed by atoms with Crippen LogP contribution in [0.25, 0.3) is 31.7 Å². The summed E-state index contributed by atoms with van der Waals surface area (Å²) in [5, 5.41) is 2.55. The highest BCUT2D eigenvalue weighted by Gasteiger charge is 2.14. The average molecular weight is 385 g/mol. The number of methoxy groups -OCH3 is 2. The van der Waals surface area contributed by atoms with E-state index < -0.39 is 0 Å². The monoisotopic (exact) mass is 384 g/mol. The third-order valence-electron chi connectivity index (χ3n) is 4.24. The first-order chi connectivity index (χ1) is 12.6. The van der Waals surface area contributed by atoms with Crippen LogP contribution in [0.2, 0.25) is 5.02 Å². The first kappa shape index (κ1) is 17.2. The van der Waals surface area contributed by atoms with Crippen LogP contribution in [-0.4, -0.2) is 24.2 Å². The molecular weight excluding hydrogens is 368 g/mol. The quantitative estimate of drug-likeness (QED) is 0.457. The Morgan fingerprint density at radius 3 is 2.69 bits per heavy atom. The predicted octanol–water partition coefficient (Wildman–Crippen LogP) is 5.63. The Morgan fingerprint density at radius 1 is 1.08 bits per heavy atom. The largest absolute Gasteiger partial charge is 0.497 e. The molecule has 0 aliphatic carbocycles. The minimum absolute atomic E-state index is 0.519. The smallest absolute Gasteiger partial charge is 0.126 e. The van der Waals surface area contributed by atoms with Crippen LogP contribution in [0.5, 0.6) is 5.75 Å². The maximum Gasteiger partial charge on any atom is 0.126 e. The van der Waals surface area contributed by atoms with Gasteiger partial charge in [0.25, 0.3) is 0 Å². The van der Waals surface area contributed by atoms with E-state index >= 15 is 0 Å². The van der Waals surface area contributed by atoms with Crippen molar-refractivity contribution in [3.05, 3.63) is 52.7 Å². The molecule has 0 bridgehead atoms. The van der Waals surface area contributed by atoms with Crippen molar-refractivity contribution in [2.24, 2.45) is 0 Å². The molecular formula is C20H17ClN2O2S. The van der Waals surface area contributed by atoms with Gasteiger partial charge in [-0.05, 0) is 48.4 Å². The fourth-order valence-electron chi connectivity index (χ4n) is 3.07. The van der Waals surface area contributed by atoms with Gasteiger partial charge in [0.15, 0.2) is 0 Å². The molecule has 0 radical (unpaired) electrons. The van der Waals surface area contributed by atoms with Gasteiger partial charge in [-0.3, -0.25) is 4.98 Å². The highest BCUT2D eigenvalue weighted by Crippen LogP contribution is 2.38. The number of hydrogen-bond acceptors (Lipinski definition) is 5. The molecule has 4 rings (SSSR count). The van der Waals surface area contributed by atoms with E-state index in [1.54, 1.807) is 25.6 Å². The number of halogens is 1. The lowest BCUT2D eigenvalue weighted by Gasteiger charge is -2.06. The van der Waals surface area contributed by atoms with E-state index in [0.29, 0.717) is 11.6 Å². The Hall–Kier alpha value is -2.21. The molecule has 4 nitrogen and oxygen atoms in total. The lowest BCUT2D eigenvalue weighted by molar-refractivity contribution is 0.185. The Labute approximate surface area is 160 Å². The highest BCUT2D eigenvalue weighted by molar-refractivity contribution is 7.21. The third-order valence-corrected chi connectivity index (χ3v) is 5.49. The minimum atomic E-state index is 0.519. The number of aryl methyl sites for hydroxylation is 1. The van der Waals surface area contributed by atoms with Gasteiger partial charge in [0.2, 0.25) is 0 Å². The molecule has 2 heterocycles. The molecule has 0 aliphatic rings. The van der Waals surface area contributed by atoms with Crippen LogP contribution in [-0.2, 0) is 11.3 Å². The van der Waals surface area contributed by atoms with Crippen LogP contribution in [0.1, 0.15) is 11.1 Å². The molecule has 132 valence electrons. The first-order valence-corrected chi connectivity index (χ1v) is 9.31. The summed E-state index contributed by atoms with van der Waals surface area (Å²) in [4.78, 5) is 9.49. The van der Waals surface area contributed by atoms with Crippen molar-refractivity contribution < 1.29 is 9.47 Å². The summed E-state index contributed by atoms with van der Waals surface area (Å²) in [5.41, 5.74) is 4.91. The van der Waals surface area contributed by atoms with Gasteiger partial charge in [-0.15, -0.1) is 11.3 Å². The summed E-state index contributed by atoms with van der Waals surface area (Å²) < 4.78 is 11.7. The maximum atomic E-state index is 6.38. The second-order valence-electron chi connectivity index (χ2n) is 6.11. The summed E-state index contributed by atoms with van der Waals surface area (Å²) in [6.45, 7) is 2.56. The molecule has 0 saturated heterocycles. The summed E-state index contributed by atoms with van der Waals surface area (Å²) in [6, 6.07) is 9.92. The summed E-state index contributed by atoms with van der Waals surface area (Å²) >= 11 is 8.00. The van der Waals surface area contributed by atoms with Crippen LogP contribution < -0.4 is 4.74 Å². The molecule has 2 aromatic heterocycles.